The Kier molecular flexibility index (Phi) is 6.71. The zero-order chi connectivity index (χ0) is 22.1. The van der Waals surface area contributed by atoms with Crippen LogP contribution < -0.4 is 16.0 Å². The summed E-state index contributed by atoms with van der Waals surface area (Å²) in [4.78, 5) is 27.5. The number of carbonyl (C=O) groups is 2. The summed E-state index contributed by atoms with van der Waals surface area (Å²) in [6, 6.07) is 8.87. The van der Waals surface area contributed by atoms with Crippen molar-refractivity contribution in [3.8, 4) is 0 Å². The van der Waals surface area contributed by atoms with E-state index in [2.05, 4.69) is 5.32 Å². The highest BCUT2D eigenvalue weighted by molar-refractivity contribution is 7.99. The van der Waals surface area contributed by atoms with Crippen molar-refractivity contribution >= 4 is 40.9 Å². The fourth-order valence-electron chi connectivity index (χ4n) is 2.94. The first kappa shape index (κ1) is 22.6. The molecule has 1 heterocycles. The van der Waals surface area contributed by atoms with Gasteiger partial charge in [0.15, 0.2) is 0 Å². The summed E-state index contributed by atoms with van der Waals surface area (Å²) in [5.74, 6) is -1.39. The van der Waals surface area contributed by atoms with Gasteiger partial charge in [0.2, 0.25) is 5.91 Å². The average molecular weight is 452 g/mol. The second-order valence-electron chi connectivity index (χ2n) is 7.76. The van der Waals surface area contributed by atoms with Crippen LogP contribution in [0.25, 0.3) is 0 Å². The third kappa shape index (κ3) is 5.31. The number of thioether (sulfide) groups is 1. The SMILES string of the molecule is CC(C)(O)CNC(=O)c1cc2c(cc1F)SC[C@H](N)C(=O)N2Cc1ccc(Cl)cc1. The van der Waals surface area contributed by atoms with Gasteiger partial charge in [-0.05, 0) is 43.7 Å². The molecule has 0 aliphatic carbocycles. The Morgan fingerprint density at radius 3 is 2.67 bits per heavy atom. The quantitative estimate of drug-likeness (QED) is 0.649. The molecule has 2 aromatic rings. The largest absolute Gasteiger partial charge is 0.389 e. The standard InChI is InChI=1S/C21H23ClFN3O3S/c1-21(2,29)11-25-19(27)14-7-17-18(8-15(14)23)30-10-16(24)20(28)26(17)9-12-3-5-13(22)6-4-12/h3-8,16,29H,9-11,24H2,1-2H3,(H,25,27)/t16-/m0/s1. The van der Waals surface area contributed by atoms with Gasteiger partial charge in [-0.1, -0.05) is 23.7 Å². The average Bonchev–Trinajstić information content (AvgIpc) is 2.79. The number of carbonyl (C=O) groups excluding carboxylic acids is 2. The van der Waals surface area contributed by atoms with Gasteiger partial charge in [0.05, 0.1) is 29.4 Å². The zero-order valence-corrected chi connectivity index (χ0v) is 18.2. The van der Waals surface area contributed by atoms with Crippen molar-refractivity contribution in [2.24, 2.45) is 5.73 Å². The number of nitrogens with zero attached hydrogens (tertiary/aromatic N) is 1. The van der Waals surface area contributed by atoms with E-state index in [1.54, 1.807) is 24.3 Å². The molecule has 0 saturated carbocycles. The van der Waals surface area contributed by atoms with Crippen molar-refractivity contribution in [3.63, 3.8) is 0 Å². The lowest BCUT2D eigenvalue weighted by Gasteiger charge is -2.25. The van der Waals surface area contributed by atoms with Crippen LogP contribution in [0.2, 0.25) is 5.02 Å². The third-order valence-corrected chi connectivity index (χ3v) is 5.94. The van der Waals surface area contributed by atoms with Gasteiger partial charge in [-0.3, -0.25) is 9.59 Å². The van der Waals surface area contributed by atoms with Crippen LogP contribution in [-0.2, 0) is 11.3 Å². The molecule has 30 heavy (non-hydrogen) atoms. The van der Waals surface area contributed by atoms with Gasteiger partial charge in [0.1, 0.15) is 5.82 Å². The fourth-order valence-corrected chi connectivity index (χ4v) is 4.07. The maximum Gasteiger partial charge on any atom is 0.254 e. The summed E-state index contributed by atoms with van der Waals surface area (Å²) in [5.41, 5.74) is 5.91. The van der Waals surface area contributed by atoms with E-state index >= 15 is 0 Å². The molecule has 4 N–H and O–H groups in total. The van der Waals surface area contributed by atoms with Gasteiger partial charge >= 0.3 is 0 Å². The van der Waals surface area contributed by atoms with Crippen LogP contribution in [0, 0.1) is 5.82 Å². The smallest absolute Gasteiger partial charge is 0.254 e. The lowest BCUT2D eigenvalue weighted by molar-refractivity contribution is -0.119. The summed E-state index contributed by atoms with van der Waals surface area (Å²) >= 11 is 7.21. The monoisotopic (exact) mass is 451 g/mol. The van der Waals surface area contributed by atoms with Crippen LogP contribution >= 0.6 is 23.4 Å². The Hall–Kier alpha value is -2.13. The first-order chi connectivity index (χ1) is 14.0. The van der Waals surface area contributed by atoms with Crippen LogP contribution in [0.15, 0.2) is 41.3 Å². The molecule has 1 aliphatic heterocycles. The van der Waals surface area contributed by atoms with Crippen LogP contribution in [0.4, 0.5) is 10.1 Å². The van der Waals surface area contributed by atoms with Gasteiger partial charge < -0.3 is 21.1 Å². The lowest BCUT2D eigenvalue weighted by Crippen LogP contribution is -2.44. The maximum atomic E-state index is 14.7. The van der Waals surface area contributed by atoms with E-state index in [4.69, 9.17) is 17.3 Å². The number of rotatable bonds is 5. The van der Waals surface area contributed by atoms with E-state index < -0.39 is 23.4 Å². The highest BCUT2D eigenvalue weighted by atomic mass is 35.5. The van der Waals surface area contributed by atoms with Crippen LogP contribution in [0.3, 0.4) is 0 Å². The van der Waals surface area contributed by atoms with Gasteiger partial charge in [0, 0.05) is 22.2 Å². The van der Waals surface area contributed by atoms with Crippen molar-refractivity contribution in [3.05, 3.63) is 58.4 Å². The highest BCUT2D eigenvalue weighted by Crippen LogP contribution is 2.37. The van der Waals surface area contributed by atoms with Crippen molar-refractivity contribution in [2.45, 2.75) is 36.9 Å². The van der Waals surface area contributed by atoms with E-state index in [0.29, 0.717) is 21.4 Å². The summed E-state index contributed by atoms with van der Waals surface area (Å²) in [5, 5.41) is 12.9. The second kappa shape index (κ2) is 8.93. The summed E-state index contributed by atoms with van der Waals surface area (Å²) in [6.45, 7) is 3.22. The first-order valence-corrected chi connectivity index (χ1v) is 10.7. The molecule has 0 saturated heterocycles. The normalized spacial score (nSPS) is 16.8. The molecule has 2 aromatic carbocycles. The van der Waals surface area contributed by atoms with Crippen molar-refractivity contribution < 1.29 is 19.1 Å². The number of benzene rings is 2. The number of amides is 2. The lowest BCUT2D eigenvalue weighted by atomic mass is 10.1. The molecule has 0 fully saturated rings. The number of anilines is 1. The highest BCUT2D eigenvalue weighted by Gasteiger charge is 2.31. The molecule has 3 rings (SSSR count). The van der Waals surface area contributed by atoms with E-state index in [0.717, 1.165) is 5.56 Å². The molecule has 1 atom stereocenters. The van der Waals surface area contributed by atoms with Gasteiger partial charge in [-0.15, -0.1) is 11.8 Å². The number of fused-ring (bicyclic) bond motifs is 1. The molecular formula is C21H23ClFN3O3S. The van der Waals surface area contributed by atoms with E-state index in [-0.39, 0.29) is 24.6 Å². The van der Waals surface area contributed by atoms with Crippen LogP contribution in [-0.4, -0.2) is 40.9 Å². The number of nitrogens with two attached hydrogens (primary N) is 1. The van der Waals surface area contributed by atoms with Crippen molar-refractivity contribution in [1.29, 1.82) is 0 Å². The topological polar surface area (TPSA) is 95.7 Å². The molecule has 6 nitrogen and oxygen atoms in total. The van der Waals surface area contributed by atoms with Crippen molar-refractivity contribution in [1.82, 2.24) is 5.32 Å². The van der Waals surface area contributed by atoms with E-state index in [9.17, 15) is 19.1 Å². The molecule has 0 bridgehead atoms. The number of halogens is 2. The summed E-state index contributed by atoms with van der Waals surface area (Å²) < 4.78 is 14.7. The minimum Gasteiger partial charge on any atom is -0.389 e. The van der Waals surface area contributed by atoms with Crippen molar-refractivity contribution in [2.75, 3.05) is 17.2 Å². The van der Waals surface area contributed by atoms with Crippen LogP contribution in [0.5, 0.6) is 0 Å². The van der Waals surface area contributed by atoms with E-state index in [1.165, 1.54) is 42.6 Å². The number of hydrogen-bond acceptors (Lipinski definition) is 5. The Balaban J connectivity index is 1.99. The Morgan fingerprint density at radius 1 is 1.37 bits per heavy atom. The molecule has 9 heteroatoms. The minimum absolute atomic E-state index is 0.0462. The molecule has 0 radical (unpaired) electrons. The van der Waals surface area contributed by atoms with Crippen LogP contribution in [0.1, 0.15) is 29.8 Å². The first-order valence-electron chi connectivity index (χ1n) is 9.33. The van der Waals surface area contributed by atoms with Gasteiger partial charge in [-0.2, -0.15) is 0 Å². The second-order valence-corrected chi connectivity index (χ2v) is 9.26. The molecule has 2 amide bonds. The maximum absolute atomic E-state index is 14.7. The molecule has 0 aromatic heterocycles. The van der Waals surface area contributed by atoms with Gasteiger partial charge in [0.25, 0.3) is 5.91 Å². The predicted molar refractivity (Wildman–Crippen MR) is 116 cm³/mol. The predicted octanol–water partition coefficient (Wildman–Crippen LogP) is 2.95. The molecule has 0 spiro atoms. The Labute approximate surface area is 183 Å². The fraction of sp³-hybridized carbons (Fsp3) is 0.333. The Bertz CT molecular complexity index is 963. The number of hydrogen-bond donors (Lipinski definition) is 3. The Morgan fingerprint density at radius 2 is 2.03 bits per heavy atom. The van der Waals surface area contributed by atoms with Gasteiger partial charge in [-0.25, -0.2) is 4.39 Å². The molecule has 160 valence electrons. The summed E-state index contributed by atoms with van der Waals surface area (Å²) in [6.07, 6.45) is 0. The molecule has 0 unspecified atom stereocenters. The minimum atomic E-state index is -1.14. The number of aliphatic hydroxyl groups is 1. The summed E-state index contributed by atoms with van der Waals surface area (Å²) in [7, 11) is 0. The third-order valence-electron chi connectivity index (χ3n) is 4.52. The van der Waals surface area contributed by atoms with E-state index in [1.807, 2.05) is 0 Å². The number of nitrogens with one attached hydrogen (secondary N) is 1. The molecular weight excluding hydrogens is 429 g/mol. The molecule has 1 aliphatic rings. The zero-order valence-electron chi connectivity index (χ0n) is 16.6.